The van der Waals surface area contributed by atoms with Crippen molar-refractivity contribution in [1.29, 1.82) is 5.26 Å². The lowest BCUT2D eigenvalue weighted by atomic mass is 9.80. The van der Waals surface area contributed by atoms with Gasteiger partial charge in [-0.05, 0) is 70.0 Å². The van der Waals surface area contributed by atoms with Crippen molar-refractivity contribution >= 4 is 5.91 Å². The molecule has 1 fully saturated rings. The molecule has 0 radical (unpaired) electrons. The van der Waals surface area contributed by atoms with Crippen molar-refractivity contribution in [1.82, 2.24) is 14.4 Å². The van der Waals surface area contributed by atoms with Crippen molar-refractivity contribution in [3.63, 3.8) is 0 Å². The first-order chi connectivity index (χ1) is 15.8. The summed E-state index contributed by atoms with van der Waals surface area (Å²) in [6.07, 6.45) is -3.66. The molecule has 0 unspecified atom stereocenters. The summed E-state index contributed by atoms with van der Waals surface area (Å²) in [4.78, 5) is 17.0. The van der Waals surface area contributed by atoms with E-state index in [0.717, 1.165) is 17.2 Å². The predicted octanol–water partition coefficient (Wildman–Crippen LogP) is 3.99. The van der Waals surface area contributed by atoms with Crippen LogP contribution in [0.1, 0.15) is 65.1 Å². The van der Waals surface area contributed by atoms with Gasteiger partial charge in [-0.2, -0.15) is 18.4 Å². The van der Waals surface area contributed by atoms with Gasteiger partial charge < -0.3 is 14.6 Å². The Hall–Kier alpha value is -2.83. The van der Waals surface area contributed by atoms with E-state index in [2.05, 4.69) is 0 Å². The number of rotatable bonds is 2. The number of alkyl halides is 3. The number of amides is 1. The summed E-state index contributed by atoms with van der Waals surface area (Å²) in [5.41, 5.74) is 0.00356. The van der Waals surface area contributed by atoms with Crippen LogP contribution in [0, 0.1) is 18.3 Å². The monoisotopic (exact) mass is 474 g/mol. The summed E-state index contributed by atoms with van der Waals surface area (Å²) >= 11 is 0. The summed E-state index contributed by atoms with van der Waals surface area (Å²) in [5, 5.41) is 19.9. The third-order valence-electron chi connectivity index (χ3n) is 7.35. The molecule has 34 heavy (non-hydrogen) atoms. The lowest BCUT2D eigenvalue weighted by Gasteiger charge is -2.50. The molecule has 1 N–H and O–H groups in total. The second-order valence-corrected chi connectivity index (χ2v) is 9.89. The Bertz CT molecular complexity index is 1160. The summed E-state index contributed by atoms with van der Waals surface area (Å²) in [5.74, 6) is -0.148. The van der Waals surface area contributed by atoms with Crippen molar-refractivity contribution in [3.05, 3.63) is 57.9 Å². The highest BCUT2D eigenvalue weighted by atomic mass is 19.4. The zero-order chi connectivity index (χ0) is 25.1. The normalized spacial score (nSPS) is 18.6. The quantitative estimate of drug-likeness (QED) is 0.715. The third-order valence-corrected chi connectivity index (χ3v) is 7.35. The second kappa shape index (κ2) is 8.14. The number of fused-ring (bicyclic) bond motifs is 2. The zero-order valence-corrected chi connectivity index (χ0v) is 19.8. The predicted molar refractivity (Wildman–Crippen MR) is 120 cm³/mol. The molecule has 2 aromatic rings. The van der Waals surface area contributed by atoms with Gasteiger partial charge >= 0.3 is 6.18 Å². The molecule has 9 heteroatoms. The van der Waals surface area contributed by atoms with Crippen molar-refractivity contribution in [3.8, 4) is 6.07 Å². The van der Waals surface area contributed by atoms with E-state index in [4.69, 9.17) is 0 Å². The van der Waals surface area contributed by atoms with Crippen molar-refractivity contribution < 1.29 is 23.1 Å². The minimum atomic E-state index is -4.54. The summed E-state index contributed by atoms with van der Waals surface area (Å²) in [6.45, 7) is 6.57. The lowest BCUT2D eigenvalue weighted by molar-refractivity contribution is -0.144. The Balaban J connectivity index is 1.62. The van der Waals surface area contributed by atoms with E-state index >= 15 is 0 Å². The highest BCUT2D eigenvalue weighted by Crippen LogP contribution is 2.46. The number of hydrogen-bond acceptors (Lipinski definition) is 4. The number of nitrogens with zero attached hydrogens (tertiary/aromatic N) is 4. The highest BCUT2D eigenvalue weighted by Gasteiger charge is 2.49. The van der Waals surface area contributed by atoms with E-state index in [1.54, 1.807) is 36.9 Å². The van der Waals surface area contributed by atoms with Crippen LogP contribution in [0.3, 0.4) is 0 Å². The van der Waals surface area contributed by atoms with Crippen LogP contribution in [0.4, 0.5) is 13.2 Å². The molecule has 0 atom stereocenters. The van der Waals surface area contributed by atoms with E-state index in [9.17, 15) is 28.3 Å². The van der Waals surface area contributed by atoms with Gasteiger partial charge in [-0.25, -0.2) is 0 Å². The van der Waals surface area contributed by atoms with Crippen LogP contribution in [-0.4, -0.2) is 52.1 Å². The maximum absolute atomic E-state index is 13.7. The molecule has 2 aliphatic rings. The van der Waals surface area contributed by atoms with Gasteiger partial charge in [-0.3, -0.25) is 9.69 Å². The van der Waals surface area contributed by atoms with E-state index in [1.165, 1.54) is 4.57 Å². The number of piperidine rings is 1. The number of aromatic nitrogens is 1. The number of likely N-dealkylation sites (N-methyl/N-ethyl adjacent to an activating group) is 1. The number of halogens is 3. The molecule has 0 aliphatic carbocycles. The van der Waals surface area contributed by atoms with Crippen LogP contribution in [-0.2, 0) is 23.9 Å². The maximum Gasteiger partial charge on any atom is 0.431 e. The number of aryl methyl sites for hydroxylation is 1. The van der Waals surface area contributed by atoms with Gasteiger partial charge in [0.1, 0.15) is 11.8 Å². The minimum absolute atomic E-state index is 0.0523. The maximum atomic E-state index is 13.7. The summed E-state index contributed by atoms with van der Waals surface area (Å²) in [6, 6.07) is 8.16. The zero-order valence-electron chi connectivity index (χ0n) is 19.8. The first-order valence-electron chi connectivity index (χ1n) is 11.3. The first kappa shape index (κ1) is 24.3. The van der Waals surface area contributed by atoms with Crippen molar-refractivity contribution in [2.24, 2.45) is 0 Å². The number of carbonyl (C=O) groups is 1. The van der Waals surface area contributed by atoms with Crippen LogP contribution >= 0.6 is 0 Å². The van der Waals surface area contributed by atoms with Gasteiger partial charge in [0, 0.05) is 31.7 Å². The Labute approximate surface area is 197 Å². The molecule has 1 spiro atoms. The fourth-order valence-electron chi connectivity index (χ4n) is 5.61. The van der Waals surface area contributed by atoms with Gasteiger partial charge in [0.05, 0.1) is 22.4 Å². The molecular weight excluding hydrogens is 445 g/mol. The molecule has 3 heterocycles. The van der Waals surface area contributed by atoms with Gasteiger partial charge in [-0.1, -0.05) is 6.07 Å². The van der Waals surface area contributed by atoms with E-state index < -0.39 is 23.0 Å². The largest absolute Gasteiger partial charge is 0.431 e. The number of hydrogen-bond donors (Lipinski definition) is 1. The first-order valence-corrected chi connectivity index (χ1v) is 11.3. The van der Waals surface area contributed by atoms with Gasteiger partial charge in [0.15, 0.2) is 0 Å². The number of aliphatic hydroxyl groups is 1. The Morgan fingerprint density at radius 1 is 1.12 bits per heavy atom. The molecule has 4 rings (SSSR count). The Kier molecular flexibility index (Phi) is 5.82. The fraction of sp³-hybridized carbons (Fsp3) is 0.520. The molecule has 1 aromatic carbocycles. The topological polar surface area (TPSA) is 72.5 Å². The molecule has 0 bridgehead atoms. The molecule has 182 valence electrons. The lowest BCUT2D eigenvalue weighted by Crippen LogP contribution is -2.57. The average molecular weight is 475 g/mol. The molecule has 1 amide bonds. The highest BCUT2D eigenvalue weighted by molar-refractivity contribution is 5.94. The second-order valence-electron chi connectivity index (χ2n) is 9.89. The summed E-state index contributed by atoms with van der Waals surface area (Å²) in [7, 11) is 1.88. The molecule has 1 saturated heterocycles. The number of benzene rings is 1. The molecule has 6 nitrogen and oxygen atoms in total. The summed E-state index contributed by atoms with van der Waals surface area (Å²) < 4.78 is 42.2. The number of nitriles is 1. The number of carbonyl (C=O) groups excluding carboxylic acids is 1. The molecule has 0 saturated carbocycles. The van der Waals surface area contributed by atoms with Gasteiger partial charge in [0.2, 0.25) is 0 Å². The van der Waals surface area contributed by atoms with Gasteiger partial charge in [-0.15, -0.1) is 0 Å². The van der Waals surface area contributed by atoms with E-state index in [-0.39, 0.29) is 18.0 Å². The SMILES string of the molecule is Cc1cc(C(=O)N2CCC3(CC2)c2c(C#N)cc(C(F)(F)F)n2CCN3C)ccc1C(C)(C)O. The third kappa shape index (κ3) is 3.89. The number of likely N-dealkylation sites (tertiary alicyclic amines) is 1. The van der Waals surface area contributed by atoms with Crippen molar-refractivity contribution in [2.45, 2.75) is 57.5 Å². The Morgan fingerprint density at radius 2 is 1.76 bits per heavy atom. The van der Waals surface area contributed by atoms with E-state index in [0.29, 0.717) is 43.7 Å². The fourth-order valence-corrected chi connectivity index (χ4v) is 5.61. The van der Waals surface area contributed by atoms with Crippen LogP contribution in [0.25, 0.3) is 0 Å². The van der Waals surface area contributed by atoms with Crippen LogP contribution in [0.15, 0.2) is 24.3 Å². The smallest absolute Gasteiger partial charge is 0.386 e. The van der Waals surface area contributed by atoms with Crippen LogP contribution < -0.4 is 0 Å². The van der Waals surface area contributed by atoms with Gasteiger partial charge in [0.25, 0.3) is 5.91 Å². The minimum Gasteiger partial charge on any atom is -0.386 e. The average Bonchev–Trinajstić information content (AvgIpc) is 3.16. The van der Waals surface area contributed by atoms with Crippen LogP contribution in [0.5, 0.6) is 0 Å². The van der Waals surface area contributed by atoms with Crippen LogP contribution in [0.2, 0.25) is 0 Å². The standard InChI is InChI=1S/C25H29F3N4O2/c1-16-13-17(5-6-19(16)23(2,3)34)22(33)31-9-7-24(8-10-31)21-18(15-29)14-20(25(26,27)28)32(21)12-11-30(24)4/h5-6,13-14,34H,7-12H2,1-4H3. The molecular formula is C25H29F3N4O2. The van der Waals surface area contributed by atoms with Crippen molar-refractivity contribution in [2.75, 3.05) is 26.7 Å². The Morgan fingerprint density at radius 3 is 2.29 bits per heavy atom. The van der Waals surface area contributed by atoms with E-state index in [1.807, 2.05) is 24.9 Å². The molecule has 2 aliphatic heterocycles. The molecule has 1 aromatic heterocycles.